The smallest absolute Gasteiger partial charge is 0.396 e. The van der Waals surface area contributed by atoms with Crippen LogP contribution >= 0.6 is 0 Å². The molecule has 0 unspecified atom stereocenters. The third kappa shape index (κ3) is 10.7. The number of phenols is 1. The largest absolute Gasteiger partial charge is 0.520 e. The average molecular weight is 982 g/mol. The molecular weight excluding hydrogens is 893 g/mol. The lowest BCUT2D eigenvalue weighted by Crippen LogP contribution is -2.64. The molecule has 0 atom stereocenters. The van der Waals surface area contributed by atoms with E-state index < -0.39 is 17.1 Å². The van der Waals surface area contributed by atoms with Crippen molar-refractivity contribution in [2.45, 2.75) is 215 Å². The first-order valence-electron chi connectivity index (χ1n) is 26.4. The van der Waals surface area contributed by atoms with E-state index >= 15 is 0 Å². The van der Waals surface area contributed by atoms with Gasteiger partial charge in [-0.1, -0.05) is 217 Å². The molecule has 2 aliphatic rings. The SMILES string of the molecule is CC(C)[Si]1(C(C)C)Oc2c3cc(C(C)(C)C)cc2Cc2cc(C(C)(C)C)cc(c2O[Si](C(C)C)(C(C)C)O1)Cc1cc(C(C)(C)C)cc(c1OCc1ccccc1)Cc1cc(C(C)(C)C)cc(c1O)C3. The summed E-state index contributed by atoms with van der Waals surface area (Å²) in [7, 11) is -6.47. The highest BCUT2D eigenvalue weighted by atomic mass is 28.5. The zero-order valence-corrected chi connectivity index (χ0v) is 48.9. The second kappa shape index (κ2) is 19.3. The molecule has 0 amide bonds. The van der Waals surface area contributed by atoms with E-state index in [1.807, 2.05) is 0 Å². The molecule has 5 nitrogen and oxygen atoms in total. The fourth-order valence-corrected chi connectivity index (χ4v) is 21.6. The second-order valence-electron chi connectivity index (χ2n) is 26.4. The van der Waals surface area contributed by atoms with Gasteiger partial charge in [-0.3, -0.25) is 0 Å². The zero-order chi connectivity index (χ0) is 51.7. The number of benzene rings is 5. The molecule has 378 valence electrons. The van der Waals surface area contributed by atoms with Crippen LogP contribution in [0, 0.1) is 0 Å². The summed E-state index contributed by atoms with van der Waals surface area (Å²) in [6.45, 7) is 46.6. The molecule has 0 spiro atoms. The molecule has 1 aliphatic heterocycles. The first-order chi connectivity index (χ1) is 32.3. The number of ether oxygens (including phenoxy) is 1. The summed E-state index contributed by atoms with van der Waals surface area (Å²) in [6, 6.07) is 29.4. The molecule has 10 bridgehead atoms. The van der Waals surface area contributed by atoms with Gasteiger partial charge in [0.15, 0.2) is 0 Å². The summed E-state index contributed by atoms with van der Waals surface area (Å²) >= 11 is 0. The van der Waals surface area contributed by atoms with Crippen molar-refractivity contribution < 1.29 is 22.8 Å². The molecule has 0 fully saturated rings. The fraction of sp³-hybridized carbons (Fsp3) is 0.524. The number of hydrogen-bond acceptors (Lipinski definition) is 5. The van der Waals surface area contributed by atoms with Crippen LogP contribution in [0.3, 0.4) is 0 Å². The van der Waals surface area contributed by atoms with Gasteiger partial charge in [-0.2, -0.15) is 0 Å². The number of aromatic hydroxyl groups is 1. The van der Waals surface area contributed by atoms with Crippen molar-refractivity contribution in [3.63, 3.8) is 0 Å². The highest BCUT2D eigenvalue weighted by molar-refractivity contribution is 6.84. The molecule has 70 heavy (non-hydrogen) atoms. The van der Waals surface area contributed by atoms with Crippen LogP contribution in [0.1, 0.15) is 211 Å². The van der Waals surface area contributed by atoms with Crippen molar-refractivity contribution in [1.82, 2.24) is 0 Å². The maximum absolute atomic E-state index is 13.0. The van der Waals surface area contributed by atoms with E-state index in [1.165, 1.54) is 22.3 Å². The highest BCUT2D eigenvalue weighted by Gasteiger charge is 2.59. The van der Waals surface area contributed by atoms with E-state index in [9.17, 15) is 5.11 Å². The Bertz CT molecular complexity index is 2670. The minimum Gasteiger partial charge on any atom is -0.520 e. The van der Waals surface area contributed by atoms with Crippen LogP contribution in [-0.2, 0) is 58.1 Å². The molecule has 5 aromatic carbocycles. The monoisotopic (exact) mass is 981 g/mol. The average Bonchev–Trinajstić information content (AvgIpc) is 3.23. The van der Waals surface area contributed by atoms with Crippen molar-refractivity contribution in [2.75, 3.05) is 0 Å². The normalized spacial score (nSPS) is 16.2. The lowest BCUT2D eigenvalue weighted by molar-refractivity contribution is 0.270. The van der Waals surface area contributed by atoms with E-state index in [2.05, 4.69) is 217 Å². The Hall–Kier alpha value is -4.31. The zero-order valence-electron chi connectivity index (χ0n) is 46.9. The van der Waals surface area contributed by atoms with Gasteiger partial charge in [0.05, 0.1) is 0 Å². The summed E-state index contributed by atoms with van der Waals surface area (Å²) in [5, 5.41) is 13.0. The van der Waals surface area contributed by atoms with Crippen LogP contribution in [0.15, 0.2) is 78.9 Å². The van der Waals surface area contributed by atoms with Gasteiger partial charge in [0.2, 0.25) is 0 Å². The Labute approximate surface area is 426 Å². The van der Waals surface area contributed by atoms with Crippen molar-refractivity contribution in [3.8, 4) is 23.0 Å². The van der Waals surface area contributed by atoms with Crippen LogP contribution in [0.2, 0.25) is 22.2 Å². The molecular formula is C63H88O5Si2. The highest BCUT2D eigenvalue weighted by Crippen LogP contribution is 2.51. The summed E-state index contributed by atoms with van der Waals surface area (Å²) in [5.41, 5.74) is 14.3. The molecule has 7 rings (SSSR count). The molecule has 0 aromatic heterocycles. The first-order valence-corrected chi connectivity index (χ1v) is 30.4. The molecule has 7 heteroatoms. The van der Waals surface area contributed by atoms with Crippen LogP contribution in [0.5, 0.6) is 23.0 Å². The van der Waals surface area contributed by atoms with E-state index in [-0.39, 0.29) is 43.8 Å². The van der Waals surface area contributed by atoms with Gasteiger partial charge in [-0.15, -0.1) is 0 Å². The van der Waals surface area contributed by atoms with Gasteiger partial charge in [0, 0.05) is 47.8 Å². The van der Waals surface area contributed by atoms with E-state index in [1.54, 1.807) is 0 Å². The van der Waals surface area contributed by atoms with E-state index in [0.717, 1.165) is 67.3 Å². The molecule has 0 radical (unpaired) electrons. The van der Waals surface area contributed by atoms with Crippen molar-refractivity contribution >= 4 is 17.1 Å². The Balaban J connectivity index is 1.72. The predicted molar refractivity (Wildman–Crippen MR) is 298 cm³/mol. The number of phenolic OH excluding ortho intramolecular Hbond substituents is 1. The number of rotatable bonds is 7. The minimum absolute atomic E-state index is 0.0998. The van der Waals surface area contributed by atoms with Crippen molar-refractivity contribution in [3.05, 3.63) is 151 Å². The Kier molecular flexibility index (Phi) is 14.7. The topological polar surface area (TPSA) is 57.2 Å². The molecule has 1 N–H and O–H groups in total. The number of fused-ring (bicyclic) bond motifs is 4. The standard InChI is InChI=1S/C63H88O5Si2/c1-39(2)69(40(3)4)66-58-48-27-45-31-52(60(9,10)11)30-44(56(45)64)26-46-32-53(61(12,13)14)33-47(57(46)65-38-43-24-22-21-23-25-43)28-49-35-55(63(18,19)20)37-51(29-50(58)36-54(34-48)62(15,16)17)59(49)67-70(68-69,41(5)6)42(7)8/h21-25,30-37,39-42,64H,26-29,38H2,1-20H3. The summed E-state index contributed by atoms with van der Waals surface area (Å²) in [6.07, 6.45) is 2.19. The molecule has 1 heterocycles. The van der Waals surface area contributed by atoms with Crippen LogP contribution in [-0.4, -0.2) is 22.2 Å². The van der Waals surface area contributed by atoms with Crippen LogP contribution in [0.25, 0.3) is 0 Å². The fourth-order valence-electron chi connectivity index (χ4n) is 10.7. The lowest BCUT2D eigenvalue weighted by Gasteiger charge is -2.49. The lowest BCUT2D eigenvalue weighted by atomic mass is 9.79. The Morgan fingerprint density at radius 3 is 1.06 bits per heavy atom. The molecule has 5 aromatic rings. The summed E-state index contributed by atoms with van der Waals surface area (Å²) in [4.78, 5) is 0. The maximum Gasteiger partial charge on any atom is 0.396 e. The summed E-state index contributed by atoms with van der Waals surface area (Å²) < 4.78 is 31.6. The first kappa shape index (κ1) is 53.5. The van der Waals surface area contributed by atoms with Gasteiger partial charge in [0.25, 0.3) is 0 Å². The van der Waals surface area contributed by atoms with Gasteiger partial charge in [-0.05, 0) is 94.0 Å². The molecule has 0 saturated carbocycles. The third-order valence-corrected chi connectivity index (χ3v) is 25.3. The molecule has 1 aliphatic carbocycles. The van der Waals surface area contributed by atoms with Gasteiger partial charge in [0.1, 0.15) is 29.6 Å². The third-order valence-electron chi connectivity index (χ3n) is 15.3. The van der Waals surface area contributed by atoms with Crippen molar-refractivity contribution in [2.24, 2.45) is 0 Å². The summed E-state index contributed by atoms with van der Waals surface area (Å²) in [5.74, 6) is 3.07. The predicted octanol–water partition coefficient (Wildman–Crippen LogP) is 17.1. The Morgan fingerprint density at radius 1 is 0.443 bits per heavy atom. The minimum atomic E-state index is -3.24. The van der Waals surface area contributed by atoms with Gasteiger partial charge >= 0.3 is 17.1 Å². The van der Waals surface area contributed by atoms with Gasteiger partial charge in [-0.25, -0.2) is 0 Å². The van der Waals surface area contributed by atoms with Gasteiger partial charge < -0.3 is 22.8 Å². The quantitative estimate of drug-likeness (QED) is 0.162. The van der Waals surface area contributed by atoms with Crippen LogP contribution in [0.4, 0.5) is 0 Å². The van der Waals surface area contributed by atoms with E-state index in [0.29, 0.717) is 38.0 Å². The van der Waals surface area contributed by atoms with Crippen LogP contribution < -0.4 is 13.6 Å². The number of hydrogen-bond donors (Lipinski definition) is 1. The maximum atomic E-state index is 13.0. The van der Waals surface area contributed by atoms with E-state index in [4.69, 9.17) is 17.7 Å². The Morgan fingerprint density at radius 2 is 0.729 bits per heavy atom. The second-order valence-corrected chi connectivity index (χ2v) is 35.1. The molecule has 0 saturated heterocycles. The van der Waals surface area contributed by atoms with Crippen molar-refractivity contribution in [1.29, 1.82) is 0 Å².